The lowest BCUT2D eigenvalue weighted by Crippen LogP contribution is -2.22. The van der Waals surface area contributed by atoms with Gasteiger partial charge in [0.25, 0.3) is 0 Å². The molecule has 0 fully saturated rings. The van der Waals surface area contributed by atoms with Crippen LogP contribution in [0.5, 0.6) is 0 Å². The molecule has 3 N–H and O–H groups in total. The summed E-state index contributed by atoms with van der Waals surface area (Å²) < 4.78 is 0. The van der Waals surface area contributed by atoms with Crippen LogP contribution in [0.2, 0.25) is 0 Å². The van der Waals surface area contributed by atoms with Gasteiger partial charge in [0.15, 0.2) is 0 Å². The molecule has 0 aliphatic heterocycles. The fourth-order valence-electron chi connectivity index (χ4n) is 0.386. The van der Waals surface area contributed by atoms with E-state index in [4.69, 9.17) is 22.4 Å². The Morgan fingerprint density at radius 1 is 1.70 bits per heavy atom. The van der Waals surface area contributed by atoms with Crippen LogP contribution in [0.15, 0.2) is 0 Å². The summed E-state index contributed by atoms with van der Waals surface area (Å²) in [6, 6.07) is -0.178. The Hall–Kier alpha value is 0.01000. The highest BCUT2D eigenvalue weighted by Gasteiger charge is 2.02. The zero-order chi connectivity index (χ0) is 7.28. The summed E-state index contributed by atoms with van der Waals surface area (Å²) in [5.74, 6) is -0.497. The summed E-state index contributed by atoms with van der Waals surface area (Å²) in [6.45, 7) is 0. The maximum Gasteiger partial charge on any atom is 0.303 e. The van der Waals surface area contributed by atoms with E-state index in [1.165, 1.54) is 0 Å². The zero-order valence-corrected chi connectivity index (χ0v) is 6.99. The number of carboxylic acid groups (broad SMARTS) is 1. The van der Waals surface area contributed by atoms with Crippen molar-refractivity contribution in [3.05, 3.63) is 0 Å². The molecular formula is C5H11Cl2NO2. The number of nitrogens with two attached hydrogens (primary N) is 1. The van der Waals surface area contributed by atoms with E-state index < -0.39 is 5.97 Å². The molecule has 0 unspecified atom stereocenters. The van der Waals surface area contributed by atoms with Gasteiger partial charge in [0, 0.05) is 18.3 Å². The van der Waals surface area contributed by atoms with Crippen molar-refractivity contribution >= 4 is 30.0 Å². The van der Waals surface area contributed by atoms with E-state index in [9.17, 15) is 4.79 Å². The van der Waals surface area contributed by atoms with Crippen molar-refractivity contribution in [2.45, 2.75) is 18.9 Å². The van der Waals surface area contributed by atoms with Gasteiger partial charge >= 0.3 is 5.97 Å². The third-order valence-corrected chi connectivity index (χ3v) is 1.32. The molecule has 0 heterocycles. The van der Waals surface area contributed by atoms with Gasteiger partial charge in [-0.2, -0.15) is 0 Å². The summed E-state index contributed by atoms with van der Waals surface area (Å²) in [7, 11) is 0. The minimum absolute atomic E-state index is 0. The summed E-state index contributed by atoms with van der Waals surface area (Å²) >= 11 is 5.32. The predicted octanol–water partition coefficient (Wildman–Crippen LogP) is 0.839. The summed E-state index contributed by atoms with van der Waals surface area (Å²) in [4.78, 5) is 9.92. The normalized spacial score (nSPS) is 11.8. The van der Waals surface area contributed by atoms with Crippen molar-refractivity contribution in [3.63, 3.8) is 0 Å². The molecule has 1 atom stereocenters. The van der Waals surface area contributed by atoms with Gasteiger partial charge in [-0.3, -0.25) is 4.79 Å². The van der Waals surface area contributed by atoms with Gasteiger partial charge in [0.2, 0.25) is 0 Å². The molecule has 0 aliphatic carbocycles. The highest BCUT2D eigenvalue weighted by atomic mass is 35.5. The highest BCUT2D eigenvalue weighted by Crippen LogP contribution is 1.95. The quantitative estimate of drug-likeness (QED) is 0.642. The molecule has 0 saturated heterocycles. The average molecular weight is 188 g/mol. The molecule has 0 radical (unpaired) electrons. The Balaban J connectivity index is 0. The second-order valence-electron chi connectivity index (χ2n) is 1.85. The monoisotopic (exact) mass is 187 g/mol. The SMILES string of the molecule is Cl.N[C@H](CCl)CCC(=O)O. The van der Waals surface area contributed by atoms with Crippen LogP contribution in [-0.4, -0.2) is 23.0 Å². The topological polar surface area (TPSA) is 63.3 Å². The molecule has 3 nitrogen and oxygen atoms in total. The minimum atomic E-state index is -0.824. The van der Waals surface area contributed by atoms with Gasteiger partial charge in [0.1, 0.15) is 0 Å². The van der Waals surface area contributed by atoms with Gasteiger partial charge in [-0.25, -0.2) is 0 Å². The van der Waals surface area contributed by atoms with Crippen molar-refractivity contribution in [3.8, 4) is 0 Å². The van der Waals surface area contributed by atoms with Crippen LogP contribution in [-0.2, 0) is 4.79 Å². The molecule has 0 aliphatic rings. The first-order valence-electron chi connectivity index (χ1n) is 2.70. The van der Waals surface area contributed by atoms with Crippen molar-refractivity contribution in [2.24, 2.45) is 5.73 Å². The van der Waals surface area contributed by atoms with E-state index in [2.05, 4.69) is 0 Å². The van der Waals surface area contributed by atoms with E-state index >= 15 is 0 Å². The van der Waals surface area contributed by atoms with E-state index in [0.717, 1.165) is 0 Å². The highest BCUT2D eigenvalue weighted by molar-refractivity contribution is 6.18. The van der Waals surface area contributed by atoms with E-state index in [-0.39, 0.29) is 24.9 Å². The first kappa shape index (κ1) is 12.7. The number of carboxylic acids is 1. The van der Waals surface area contributed by atoms with E-state index in [1.807, 2.05) is 0 Å². The molecule has 0 aromatic heterocycles. The maximum atomic E-state index is 9.92. The molecule has 10 heavy (non-hydrogen) atoms. The summed E-state index contributed by atoms with van der Waals surface area (Å²) in [5, 5.41) is 8.16. The molecule has 0 aromatic carbocycles. The van der Waals surface area contributed by atoms with E-state index in [1.54, 1.807) is 0 Å². The minimum Gasteiger partial charge on any atom is -0.481 e. The summed E-state index contributed by atoms with van der Waals surface area (Å²) in [6.07, 6.45) is 0.562. The molecule has 0 spiro atoms. The molecule has 0 aromatic rings. The lowest BCUT2D eigenvalue weighted by atomic mass is 10.2. The smallest absolute Gasteiger partial charge is 0.303 e. The van der Waals surface area contributed by atoms with Crippen LogP contribution in [0, 0.1) is 0 Å². The third kappa shape index (κ3) is 8.01. The molecule has 62 valence electrons. The first-order chi connectivity index (χ1) is 4.16. The Morgan fingerprint density at radius 3 is 2.50 bits per heavy atom. The molecular weight excluding hydrogens is 177 g/mol. The van der Waals surface area contributed by atoms with Crippen LogP contribution < -0.4 is 5.73 Å². The Kier molecular flexibility index (Phi) is 9.02. The average Bonchev–Trinajstić information content (AvgIpc) is 1.83. The van der Waals surface area contributed by atoms with Crippen LogP contribution in [0.3, 0.4) is 0 Å². The second-order valence-corrected chi connectivity index (χ2v) is 2.16. The van der Waals surface area contributed by atoms with E-state index in [0.29, 0.717) is 12.3 Å². The molecule has 0 saturated carbocycles. The fraction of sp³-hybridized carbons (Fsp3) is 0.800. The van der Waals surface area contributed by atoms with Crippen LogP contribution in [0.4, 0.5) is 0 Å². The van der Waals surface area contributed by atoms with Crippen molar-refractivity contribution in [1.29, 1.82) is 0 Å². The molecule has 0 rings (SSSR count). The van der Waals surface area contributed by atoms with Crippen LogP contribution in [0.1, 0.15) is 12.8 Å². The van der Waals surface area contributed by atoms with Gasteiger partial charge in [-0.1, -0.05) is 0 Å². The van der Waals surface area contributed by atoms with Gasteiger partial charge in [-0.15, -0.1) is 24.0 Å². The van der Waals surface area contributed by atoms with Gasteiger partial charge < -0.3 is 10.8 Å². The Labute approximate surface area is 71.0 Å². The van der Waals surface area contributed by atoms with Crippen LogP contribution in [0.25, 0.3) is 0 Å². The van der Waals surface area contributed by atoms with Crippen molar-refractivity contribution in [1.82, 2.24) is 0 Å². The third-order valence-electron chi connectivity index (χ3n) is 0.927. The number of rotatable bonds is 4. The Morgan fingerprint density at radius 2 is 2.20 bits per heavy atom. The lowest BCUT2D eigenvalue weighted by Gasteiger charge is -2.02. The fourth-order valence-corrected chi connectivity index (χ4v) is 0.540. The van der Waals surface area contributed by atoms with Crippen LogP contribution >= 0.6 is 24.0 Å². The Bertz CT molecular complexity index is 99.6. The second kappa shape index (κ2) is 7.12. The number of carbonyl (C=O) groups is 1. The number of alkyl halides is 1. The first-order valence-corrected chi connectivity index (χ1v) is 3.23. The molecule has 0 bridgehead atoms. The lowest BCUT2D eigenvalue weighted by molar-refractivity contribution is -0.137. The summed E-state index contributed by atoms with van der Waals surface area (Å²) in [5.41, 5.74) is 5.33. The largest absolute Gasteiger partial charge is 0.481 e. The maximum absolute atomic E-state index is 9.92. The standard InChI is InChI=1S/C5H10ClNO2.ClH/c6-3-4(7)1-2-5(8)9;/h4H,1-3,7H2,(H,8,9);1H/t4-;/m0./s1. The predicted molar refractivity (Wildman–Crippen MR) is 42.8 cm³/mol. The van der Waals surface area contributed by atoms with Crippen molar-refractivity contribution < 1.29 is 9.90 Å². The van der Waals surface area contributed by atoms with Gasteiger partial charge in [0.05, 0.1) is 0 Å². The zero-order valence-electron chi connectivity index (χ0n) is 5.42. The number of hydrogen-bond donors (Lipinski definition) is 2. The van der Waals surface area contributed by atoms with Crippen molar-refractivity contribution in [2.75, 3.05) is 5.88 Å². The number of hydrogen-bond acceptors (Lipinski definition) is 2. The van der Waals surface area contributed by atoms with Gasteiger partial charge in [-0.05, 0) is 6.42 Å². The molecule has 5 heteroatoms. The molecule has 0 amide bonds. The number of aliphatic carboxylic acids is 1. The number of halogens is 2.